The lowest BCUT2D eigenvalue weighted by atomic mass is 9.98. The molecule has 2 N–H and O–H groups in total. The number of carbonyl (C=O) groups excluding carboxylic acids is 1. The van der Waals surface area contributed by atoms with Gasteiger partial charge in [-0.15, -0.1) is 0 Å². The molecular weight excluding hydrogens is 298 g/mol. The van der Waals surface area contributed by atoms with Crippen molar-refractivity contribution in [2.75, 3.05) is 19.8 Å². The second kappa shape index (κ2) is 7.97. The van der Waals surface area contributed by atoms with Crippen LogP contribution in [-0.4, -0.2) is 42.3 Å². The van der Waals surface area contributed by atoms with E-state index in [9.17, 15) is 14.7 Å². The van der Waals surface area contributed by atoms with Crippen LogP contribution in [0.3, 0.4) is 0 Å². The summed E-state index contributed by atoms with van der Waals surface area (Å²) >= 11 is 0. The molecule has 0 radical (unpaired) electrons. The fourth-order valence-corrected chi connectivity index (χ4v) is 2.42. The number of carboxylic acid groups (broad SMARTS) is 1. The van der Waals surface area contributed by atoms with Gasteiger partial charge >= 0.3 is 5.97 Å². The third kappa shape index (κ3) is 4.45. The summed E-state index contributed by atoms with van der Waals surface area (Å²) in [6.07, 6.45) is 3.53. The molecular formula is C17H23NO5. The number of carbonyl (C=O) groups is 2. The smallest absolute Gasteiger partial charge is 0.331 e. The molecule has 1 aliphatic rings. The lowest BCUT2D eigenvalue weighted by molar-refractivity contribution is -0.144. The molecule has 0 saturated carbocycles. The van der Waals surface area contributed by atoms with Crippen molar-refractivity contribution in [3.05, 3.63) is 29.8 Å². The van der Waals surface area contributed by atoms with Gasteiger partial charge in [-0.25, -0.2) is 4.79 Å². The van der Waals surface area contributed by atoms with E-state index in [4.69, 9.17) is 9.47 Å². The molecule has 1 heterocycles. The van der Waals surface area contributed by atoms with Crippen LogP contribution in [0.5, 0.6) is 5.75 Å². The quantitative estimate of drug-likeness (QED) is 0.717. The van der Waals surface area contributed by atoms with Gasteiger partial charge in [0.1, 0.15) is 5.75 Å². The molecule has 1 aromatic rings. The standard InChI is InChI=1S/C17H23NO5/c1-2-3-4-10-23-14-7-5-13(6-8-14)15(19)18-17(16(20)21)9-11-22-12-17/h5-8H,2-4,9-12H2,1H3,(H,18,19)(H,20,21). The van der Waals surface area contributed by atoms with Crippen molar-refractivity contribution in [1.29, 1.82) is 0 Å². The Morgan fingerprint density at radius 1 is 1.30 bits per heavy atom. The maximum Gasteiger partial charge on any atom is 0.331 e. The lowest BCUT2D eigenvalue weighted by Crippen LogP contribution is -2.55. The molecule has 0 bridgehead atoms. The van der Waals surface area contributed by atoms with E-state index in [1.807, 2.05) is 0 Å². The van der Waals surface area contributed by atoms with Crippen LogP contribution >= 0.6 is 0 Å². The zero-order chi connectivity index (χ0) is 16.7. The molecule has 0 spiro atoms. The average molecular weight is 321 g/mol. The van der Waals surface area contributed by atoms with Gasteiger partial charge in [-0.1, -0.05) is 19.8 Å². The number of amides is 1. The number of aliphatic carboxylic acids is 1. The molecule has 1 saturated heterocycles. The molecule has 6 nitrogen and oxygen atoms in total. The van der Waals surface area contributed by atoms with Crippen molar-refractivity contribution < 1.29 is 24.2 Å². The largest absolute Gasteiger partial charge is 0.494 e. The lowest BCUT2D eigenvalue weighted by Gasteiger charge is -2.23. The monoisotopic (exact) mass is 321 g/mol. The Labute approximate surface area is 135 Å². The minimum atomic E-state index is -1.33. The van der Waals surface area contributed by atoms with E-state index in [1.165, 1.54) is 0 Å². The van der Waals surface area contributed by atoms with E-state index in [0.717, 1.165) is 19.3 Å². The highest BCUT2D eigenvalue weighted by atomic mass is 16.5. The van der Waals surface area contributed by atoms with E-state index < -0.39 is 17.4 Å². The summed E-state index contributed by atoms with van der Waals surface area (Å²) in [5.74, 6) is -0.788. The van der Waals surface area contributed by atoms with Gasteiger partial charge in [-0.3, -0.25) is 4.79 Å². The summed E-state index contributed by atoms with van der Waals surface area (Å²) in [6.45, 7) is 3.11. The zero-order valence-corrected chi connectivity index (χ0v) is 13.3. The number of hydrogen-bond acceptors (Lipinski definition) is 4. The highest BCUT2D eigenvalue weighted by Crippen LogP contribution is 2.20. The third-order valence-electron chi connectivity index (χ3n) is 3.92. The number of benzene rings is 1. The van der Waals surface area contributed by atoms with Crippen molar-refractivity contribution in [3.8, 4) is 5.75 Å². The Morgan fingerprint density at radius 2 is 2.04 bits per heavy atom. The SMILES string of the molecule is CCCCCOc1ccc(C(=O)NC2(C(=O)O)CCOC2)cc1. The minimum absolute atomic E-state index is 0.00725. The van der Waals surface area contributed by atoms with Crippen LogP contribution in [0.2, 0.25) is 0 Å². The summed E-state index contributed by atoms with van der Waals surface area (Å²) in [7, 11) is 0. The van der Waals surface area contributed by atoms with Gasteiger partial charge in [0.25, 0.3) is 5.91 Å². The van der Waals surface area contributed by atoms with Gasteiger partial charge < -0.3 is 19.9 Å². The summed E-state index contributed by atoms with van der Waals surface area (Å²) in [6, 6.07) is 6.71. The average Bonchev–Trinajstić information content (AvgIpc) is 3.02. The maximum absolute atomic E-state index is 12.3. The number of ether oxygens (including phenoxy) is 2. The van der Waals surface area contributed by atoms with Gasteiger partial charge in [0.2, 0.25) is 0 Å². The van der Waals surface area contributed by atoms with Crippen LogP contribution < -0.4 is 10.1 Å². The van der Waals surface area contributed by atoms with E-state index in [2.05, 4.69) is 12.2 Å². The molecule has 0 aliphatic carbocycles. The number of rotatable bonds is 8. The van der Waals surface area contributed by atoms with E-state index >= 15 is 0 Å². The first-order valence-corrected chi connectivity index (χ1v) is 7.94. The van der Waals surface area contributed by atoms with E-state index in [0.29, 0.717) is 24.5 Å². The van der Waals surface area contributed by atoms with Crippen LogP contribution in [0.4, 0.5) is 0 Å². The first kappa shape index (κ1) is 17.3. The Bertz CT molecular complexity index is 534. The van der Waals surface area contributed by atoms with Gasteiger partial charge in [0.05, 0.1) is 13.2 Å². The number of unbranched alkanes of at least 4 members (excludes halogenated alkanes) is 2. The summed E-state index contributed by atoms with van der Waals surface area (Å²) in [5.41, 5.74) is -0.926. The summed E-state index contributed by atoms with van der Waals surface area (Å²) in [5, 5.41) is 11.9. The first-order valence-electron chi connectivity index (χ1n) is 7.94. The van der Waals surface area contributed by atoms with Gasteiger partial charge in [0.15, 0.2) is 5.54 Å². The van der Waals surface area contributed by atoms with Crippen LogP contribution in [-0.2, 0) is 9.53 Å². The predicted octanol–water partition coefficient (Wildman–Crippen LogP) is 2.23. The number of carboxylic acids is 1. The molecule has 23 heavy (non-hydrogen) atoms. The van der Waals surface area contributed by atoms with Crippen LogP contribution in [0.15, 0.2) is 24.3 Å². The highest BCUT2D eigenvalue weighted by molar-refractivity contribution is 5.98. The Balaban J connectivity index is 1.93. The molecule has 1 aromatic carbocycles. The van der Waals surface area contributed by atoms with Crippen molar-refractivity contribution in [1.82, 2.24) is 5.32 Å². The van der Waals surface area contributed by atoms with E-state index in [1.54, 1.807) is 24.3 Å². The van der Waals surface area contributed by atoms with Crippen molar-refractivity contribution in [2.24, 2.45) is 0 Å². The fraction of sp³-hybridized carbons (Fsp3) is 0.529. The molecule has 2 rings (SSSR count). The van der Waals surface area contributed by atoms with Gasteiger partial charge in [-0.2, -0.15) is 0 Å². The van der Waals surface area contributed by atoms with Gasteiger partial charge in [0, 0.05) is 18.6 Å². The summed E-state index contributed by atoms with van der Waals surface area (Å²) < 4.78 is 10.7. The van der Waals surface area contributed by atoms with Crippen molar-refractivity contribution >= 4 is 11.9 Å². The minimum Gasteiger partial charge on any atom is -0.494 e. The Morgan fingerprint density at radius 3 is 2.61 bits per heavy atom. The summed E-state index contributed by atoms with van der Waals surface area (Å²) in [4.78, 5) is 23.7. The Kier molecular flexibility index (Phi) is 5.98. The molecule has 1 amide bonds. The van der Waals surface area contributed by atoms with Crippen molar-refractivity contribution in [2.45, 2.75) is 38.1 Å². The van der Waals surface area contributed by atoms with Crippen LogP contribution in [0.25, 0.3) is 0 Å². The maximum atomic E-state index is 12.3. The fourth-order valence-electron chi connectivity index (χ4n) is 2.42. The highest BCUT2D eigenvalue weighted by Gasteiger charge is 2.44. The molecule has 1 aliphatic heterocycles. The molecule has 126 valence electrons. The van der Waals surface area contributed by atoms with Crippen LogP contribution in [0, 0.1) is 0 Å². The Hall–Kier alpha value is -2.08. The first-order chi connectivity index (χ1) is 11.1. The predicted molar refractivity (Wildman–Crippen MR) is 84.7 cm³/mol. The molecule has 1 atom stereocenters. The van der Waals surface area contributed by atoms with Gasteiger partial charge in [-0.05, 0) is 30.7 Å². The normalized spacial score (nSPS) is 20.2. The molecule has 1 unspecified atom stereocenters. The number of nitrogens with one attached hydrogen (secondary N) is 1. The van der Waals surface area contributed by atoms with Crippen LogP contribution in [0.1, 0.15) is 43.0 Å². The third-order valence-corrected chi connectivity index (χ3v) is 3.92. The second-order valence-corrected chi connectivity index (χ2v) is 5.72. The molecule has 0 aromatic heterocycles. The van der Waals surface area contributed by atoms with E-state index in [-0.39, 0.29) is 13.0 Å². The van der Waals surface area contributed by atoms with Crippen molar-refractivity contribution in [3.63, 3.8) is 0 Å². The molecule has 6 heteroatoms. The second-order valence-electron chi connectivity index (χ2n) is 5.72. The zero-order valence-electron chi connectivity index (χ0n) is 13.3. The molecule has 1 fully saturated rings. The topological polar surface area (TPSA) is 84.9 Å². The number of hydrogen-bond donors (Lipinski definition) is 2.